The first-order chi connectivity index (χ1) is 14.4. The van der Waals surface area contributed by atoms with Gasteiger partial charge in [0.15, 0.2) is 0 Å². The van der Waals surface area contributed by atoms with Gasteiger partial charge in [-0.15, -0.1) is 0 Å². The van der Waals surface area contributed by atoms with Gasteiger partial charge >= 0.3 is 0 Å². The average Bonchev–Trinajstić information content (AvgIpc) is 2.74. The number of phenols is 1. The topological polar surface area (TPSA) is 87.4 Å². The standard InChI is InChI=1S/C23H31F2N3O2/c1-2-3-4-5-6-7-19(24)22(25)23(30)28-21-13-10-17(14-20(21)26)27-15-16-8-11-18(29)12-9-16/h8-14,19,22,27,29H,2-7,15,26H2,1H3,(H,28,30)/t19-,22-/m1/s1. The van der Waals surface area contributed by atoms with Crippen LogP contribution < -0.4 is 16.4 Å². The van der Waals surface area contributed by atoms with Crippen LogP contribution in [0.25, 0.3) is 0 Å². The highest BCUT2D eigenvalue weighted by Crippen LogP contribution is 2.25. The van der Waals surface area contributed by atoms with E-state index in [0.29, 0.717) is 18.7 Å². The quantitative estimate of drug-likeness (QED) is 0.268. The van der Waals surface area contributed by atoms with Crippen molar-refractivity contribution >= 4 is 23.0 Å². The first kappa shape index (κ1) is 23.4. The first-order valence-corrected chi connectivity index (χ1v) is 10.4. The molecule has 0 aliphatic rings. The molecule has 0 aliphatic heterocycles. The Hall–Kier alpha value is -2.83. The number of amides is 1. The zero-order valence-electron chi connectivity index (χ0n) is 17.3. The van der Waals surface area contributed by atoms with Crippen LogP contribution in [0.5, 0.6) is 5.75 Å². The highest BCUT2D eigenvalue weighted by Gasteiger charge is 2.28. The van der Waals surface area contributed by atoms with E-state index in [0.717, 1.165) is 31.2 Å². The Labute approximate surface area is 176 Å². The molecule has 2 aromatic rings. The van der Waals surface area contributed by atoms with Crippen LogP contribution in [0, 0.1) is 0 Å². The molecule has 164 valence electrons. The van der Waals surface area contributed by atoms with Crippen molar-refractivity contribution in [2.75, 3.05) is 16.4 Å². The lowest BCUT2D eigenvalue weighted by atomic mass is 10.1. The molecule has 0 saturated heterocycles. The second-order valence-electron chi connectivity index (χ2n) is 7.43. The zero-order valence-corrected chi connectivity index (χ0v) is 17.3. The van der Waals surface area contributed by atoms with Gasteiger partial charge in [0.05, 0.1) is 11.4 Å². The summed E-state index contributed by atoms with van der Waals surface area (Å²) < 4.78 is 28.2. The van der Waals surface area contributed by atoms with Crippen molar-refractivity contribution in [2.45, 2.75) is 64.3 Å². The summed E-state index contributed by atoms with van der Waals surface area (Å²) in [6, 6.07) is 11.6. The molecule has 0 bridgehead atoms. The van der Waals surface area contributed by atoms with Crippen LogP contribution in [-0.4, -0.2) is 23.4 Å². The van der Waals surface area contributed by atoms with Crippen LogP contribution in [0.3, 0.4) is 0 Å². The summed E-state index contributed by atoms with van der Waals surface area (Å²) in [5, 5.41) is 14.9. The number of nitrogen functional groups attached to an aromatic ring is 1. The molecule has 30 heavy (non-hydrogen) atoms. The third-order valence-corrected chi connectivity index (χ3v) is 4.89. The minimum Gasteiger partial charge on any atom is -0.508 e. The zero-order chi connectivity index (χ0) is 21.9. The summed E-state index contributed by atoms with van der Waals surface area (Å²) in [5.74, 6) is -0.825. The van der Waals surface area contributed by atoms with Crippen molar-refractivity contribution in [3.05, 3.63) is 48.0 Å². The monoisotopic (exact) mass is 419 g/mol. The number of phenolic OH excluding ortho intramolecular Hbond substituents is 1. The van der Waals surface area contributed by atoms with Crippen LogP contribution in [0.15, 0.2) is 42.5 Å². The van der Waals surface area contributed by atoms with Crippen LogP contribution in [0.2, 0.25) is 0 Å². The van der Waals surface area contributed by atoms with Crippen molar-refractivity contribution in [1.82, 2.24) is 0 Å². The van der Waals surface area contributed by atoms with E-state index in [1.807, 2.05) is 0 Å². The van der Waals surface area contributed by atoms with Crippen LogP contribution in [-0.2, 0) is 11.3 Å². The molecule has 0 aromatic heterocycles. The molecule has 2 rings (SSSR count). The van der Waals surface area contributed by atoms with Gasteiger partial charge in [0, 0.05) is 12.2 Å². The fourth-order valence-corrected chi connectivity index (χ4v) is 3.06. The fraction of sp³-hybridized carbons (Fsp3) is 0.435. The van der Waals surface area contributed by atoms with Gasteiger partial charge in [0.2, 0.25) is 6.17 Å². The molecule has 2 aromatic carbocycles. The lowest BCUT2D eigenvalue weighted by Crippen LogP contribution is -2.32. The van der Waals surface area contributed by atoms with Gasteiger partial charge in [-0.1, -0.05) is 51.2 Å². The SMILES string of the molecule is CCCCCCC[C@@H](F)[C@@H](F)C(=O)Nc1ccc(NCc2ccc(O)cc2)cc1N. The van der Waals surface area contributed by atoms with Crippen molar-refractivity contribution in [1.29, 1.82) is 0 Å². The summed E-state index contributed by atoms with van der Waals surface area (Å²) in [6.07, 6.45) is 0.563. The van der Waals surface area contributed by atoms with E-state index in [4.69, 9.17) is 5.73 Å². The second-order valence-corrected chi connectivity index (χ2v) is 7.43. The van der Waals surface area contributed by atoms with E-state index in [1.54, 1.807) is 42.5 Å². The smallest absolute Gasteiger partial charge is 0.262 e. The first-order valence-electron chi connectivity index (χ1n) is 10.4. The predicted octanol–water partition coefficient (Wildman–Crippen LogP) is 5.56. The summed E-state index contributed by atoms with van der Waals surface area (Å²) >= 11 is 0. The van der Waals surface area contributed by atoms with E-state index in [-0.39, 0.29) is 23.5 Å². The summed E-state index contributed by atoms with van der Waals surface area (Å²) in [4.78, 5) is 12.0. The number of hydrogen-bond donors (Lipinski definition) is 4. The molecular weight excluding hydrogens is 388 g/mol. The van der Waals surface area contributed by atoms with E-state index >= 15 is 0 Å². The number of hydrogen-bond acceptors (Lipinski definition) is 4. The number of anilines is 3. The summed E-state index contributed by atoms with van der Waals surface area (Å²) in [5.41, 5.74) is 8.13. The van der Waals surface area contributed by atoms with Crippen molar-refractivity contribution < 1.29 is 18.7 Å². The molecule has 0 heterocycles. The minimum absolute atomic E-state index is 0.0356. The van der Waals surface area contributed by atoms with Crippen molar-refractivity contribution in [3.8, 4) is 5.75 Å². The predicted molar refractivity (Wildman–Crippen MR) is 118 cm³/mol. The number of benzene rings is 2. The van der Waals surface area contributed by atoms with Crippen LogP contribution in [0.4, 0.5) is 25.8 Å². The molecule has 7 heteroatoms. The molecule has 0 unspecified atom stereocenters. The number of nitrogens with one attached hydrogen (secondary N) is 2. The molecule has 1 amide bonds. The van der Waals surface area contributed by atoms with Crippen molar-refractivity contribution in [3.63, 3.8) is 0 Å². The molecular formula is C23H31F2N3O2. The largest absolute Gasteiger partial charge is 0.508 e. The Morgan fingerprint density at radius 1 is 1.07 bits per heavy atom. The van der Waals surface area contributed by atoms with E-state index in [1.165, 1.54) is 0 Å². The fourth-order valence-electron chi connectivity index (χ4n) is 3.06. The van der Waals surface area contributed by atoms with Gasteiger partial charge in [-0.05, 0) is 42.3 Å². The highest BCUT2D eigenvalue weighted by atomic mass is 19.2. The Morgan fingerprint density at radius 3 is 2.43 bits per heavy atom. The molecule has 5 nitrogen and oxygen atoms in total. The molecule has 5 N–H and O–H groups in total. The normalized spacial score (nSPS) is 12.9. The second kappa shape index (κ2) is 12.0. The van der Waals surface area contributed by atoms with E-state index < -0.39 is 18.3 Å². The van der Waals surface area contributed by atoms with Crippen LogP contribution >= 0.6 is 0 Å². The van der Waals surface area contributed by atoms with Gasteiger partial charge in [-0.25, -0.2) is 8.78 Å². The number of unbranched alkanes of at least 4 members (excludes halogenated alkanes) is 4. The number of alkyl halides is 2. The van der Waals surface area contributed by atoms with Gasteiger partial charge in [-0.2, -0.15) is 0 Å². The number of rotatable bonds is 12. The maximum absolute atomic E-state index is 14.1. The molecule has 0 spiro atoms. The number of aromatic hydroxyl groups is 1. The van der Waals surface area contributed by atoms with Gasteiger partial charge in [0.1, 0.15) is 11.9 Å². The minimum atomic E-state index is -2.22. The Balaban J connectivity index is 1.83. The van der Waals surface area contributed by atoms with Gasteiger partial charge < -0.3 is 21.5 Å². The Morgan fingerprint density at radius 2 is 1.77 bits per heavy atom. The molecule has 2 atom stereocenters. The lowest BCUT2D eigenvalue weighted by molar-refractivity contribution is -0.123. The molecule has 0 radical (unpaired) electrons. The third-order valence-electron chi connectivity index (χ3n) is 4.89. The van der Waals surface area contributed by atoms with Crippen LogP contribution in [0.1, 0.15) is 51.0 Å². The maximum Gasteiger partial charge on any atom is 0.262 e. The number of carbonyl (C=O) groups is 1. The number of carbonyl (C=O) groups excluding carboxylic acids is 1. The van der Waals surface area contributed by atoms with E-state index in [9.17, 15) is 18.7 Å². The maximum atomic E-state index is 14.1. The highest BCUT2D eigenvalue weighted by molar-refractivity contribution is 5.97. The summed E-state index contributed by atoms with van der Waals surface area (Å²) in [6.45, 7) is 2.60. The lowest BCUT2D eigenvalue weighted by Gasteiger charge is -2.15. The number of halogens is 2. The van der Waals surface area contributed by atoms with Gasteiger partial charge in [-0.3, -0.25) is 4.79 Å². The number of nitrogens with two attached hydrogens (primary N) is 1. The molecule has 0 aliphatic carbocycles. The Bertz CT molecular complexity index is 800. The van der Waals surface area contributed by atoms with E-state index in [2.05, 4.69) is 17.6 Å². The third kappa shape index (κ3) is 7.54. The summed E-state index contributed by atoms with van der Waals surface area (Å²) in [7, 11) is 0. The molecule has 0 fully saturated rings. The Kier molecular flexibility index (Phi) is 9.38. The van der Waals surface area contributed by atoms with Gasteiger partial charge in [0.25, 0.3) is 5.91 Å². The molecule has 0 saturated carbocycles. The van der Waals surface area contributed by atoms with Crippen molar-refractivity contribution in [2.24, 2.45) is 0 Å². The average molecular weight is 420 g/mol.